The first kappa shape index (κ1) is 16.3. The molecule has 0 radical (unpaired) electrons. The minimum Gasteiger partial charge on any atom is -0.356 e. The van der Waals surface area contributed by atoms with Crippen molar-refractivity contribution in [2.75, 3.05) is 24.6 Å². The zero-order chi connectivity index (χ0) is 14.8. The summed E-state index contributed by atoms with van der Waals surface area (Å²) >= 11 is 2.01. The third-order valence-electron chi connectivity index (χ3n) is 3.72. The van der Waals surface area contributed by atoms with E-state index in [1.165, 1.54) is 29.9 Å². The number of nitrogens with zero attached hydrogens (tertiary/aromatic N) is 1. The van der Waals surface area contributed by atoms with Gasteiger partial charge in [0.15, 0.2) is 0 Å². The highest BCUT2D eigenvalue weighted by Crippen LogP contribution is 2.24. The highest BCUT2D eigenvalue weighted by Gasteiger charge is 2.16. The highest BCUT2D eigenvalue weighted by molar-refractivity contribution is 7.99. The fraction of sp³-hybridized carbons (Fsp3) is 0.625. The normalized spacial score (nSPS) is 15.8. The van der Waals surface area contributed by atoms with E-state index in [1.54, 1.807) is 6.20 Å². The Bertz CT molecular complexity index is 407. The lowest BCUT2D eigenvalue weighted by Crippen LogP contribution is -2.29. The lowest BCUT2D eigenvalue weighted by molar-refractivity contribution is -0.122. The van der Waals surface area contributed by atoms with E-state index in [9.17, 15) is 4.79 Å². The first-order chi connectivity index (χ1) is 10.3. The standard InChI is InChI=1S/C16H25N3OS/c20-16(11-14-4-9-21-10-5-14)19-8-2-7-18-13-15-3-1-6-17-12-15/h1,3,6,12,14,18H,2,4-5,7-11,13H2,(H,19,20). The van der Waals surface area contributed by atoms with E-state index in [1.807, 2.05) is 24.0 Å². The monoisotopic (exact) mass is 307 g/mol. The van der Waals surface area contributed by atoms with Gasteiger partial charge in [0.05, 0.1) is 0 Å². The molecule has 0 atom stereocenters. The van der Waals surface area contributed by atoms with Gasteiger partial charge in [-0.05, 0) is 54.9 Å². The van der Waals surface area contributed by atoms with E-state index in [0.29, 0.717) is 12.3 Å². The molecule has 5 heteroatoms. The first-order valence-corrected chi connectivity index (χ1v) is 8.94. The average Bonchev–Trinajstić information content (AvgIpc) is 2.53. The predicted octanol–water partition coefficient (Wildman–Crippen LogP) is 2.21. The van der Waals surface area contributed by atoms with Crippen LogP contribution >= 0.6 is 11.8 Å². The van der Waals surface area contributed by atoms with Crippen LogP contribution in [0.5, 0.6) is 0 Å². The Balaban J connectivity index is 1.46. The molecule has 2 rings (SSSR count). The van der Waals surface area contributed by atoms with Crippen LogP contribution in [0.4, 0.5) is 0 Å². The van der Waals surface area contributed by atoms with Crippen molar-refractivity contribution in [3.05, 3.63) is 30.1 Å². The van der Waals surface area contributed by atoms with Crippen LogP contribution in [0.1, 0.15) is 31.2 Å². The number of thioether (sulfide) groups is 1. The molecule has 1 amide bonds. The summed E-state index contributed by atoms with van der Waals surface area (Å²) < 4.78 is 0. The minimum absolute atomic E-state index is 0.221. The number of nitrogens with one attached hydrogen (secondary N) is 2. The zero-order valence-electron chi connectivity index (χ0n) is 12.5. The van der Waals surface area contributed by atoms with Crippen molar-refractivity contribution in [2.45, 2.75) is 32.2 Å². The smallest absolute Gasteiger partial charge is 0.220 e. The first-order valence-electron chi connectivity index (χ1n) is 7.78. The molecule has 0 spiro atoms. The largest absolute Gasteiger partial charge is 0.356 e. The number of carbonyl (C=O) groups excluding carboxylic acids is 1. The van der Waals surface area contributed by atoms with Gasteiger partial charge in [-0.3, -0.25) is 9.78 Å². The second-order valence-corrected chi connectivity index (χ2v) is 6.73. The Kier molecular flexibility index (Phi) is 7.60. The van der Waals surface area contributed by atoms with Gasteiger partial charge < -0.3 is 10.6 Å². The topological polar surface area (TPSA) is 54.0 Å². The molecular weight excluding hydrogens is 282 g/mol. The quantitative estimate of drug-likeness (QED) is 0.723. The van der Waals surface area contributed by atoms with E-state index < -0.39 is 0 Å². The van der Waals surface area contributed by atoms with Gasteiger partial charge in [-0.2, -0.15) is 11.8 Å². The third kappa shape index (κ3) is 6.96. The van der Waals surface area contributed by atoms with Gasteiger partial charge in [-0.25, -0.2) is 0 Å². The van der Waals surface area contributed by atoms with Crippen molar-refractivity contribution >= 4 is 17.7 Å². The van der Waals surface area contributed by atoms with Crippen LogP contribution in [0, 0.1) is 5.92 Å². The molecule has 0 bridgehead atoms. The second-order valence-electron chi connectivity index (χ2n) is 5.50. The van der Waals surface area contributed by atoms with E-state index in [-0.39, 0.29) is 5.91 Å². The molecule has 4 nitrogen and oxygen atoms in total. The lowest BCUT2D eigenvalue weighted by atomic mass is 9.98. The van der Waals surface area contributed by atoms with Crippen molar-refractivity contribution < 1.29 is 4.79 Å². The fourth-order valence-electron chi connectivity index (χ4n) is 2.46. The van der Waals surface area contributed by atoms with E-state index in [4.69, 9.17) is 0 Å². The molecule has 116 valence electrons. The van der Waals surface area contributed by atoms with E-state index >= 15 is 0 Å². The number of amides is 1. The molecule has 1 aromatic heterocycles. The minimum atomic E-state index is 0.221. The molecule has 1 saturated heterocycles. The van der Waals surface area contributed by atoms with Gasteiger partial charge in [0.1, 0.15) is 0 Å². The molecule has 1 aromatic rings. The van der Waals surface area contributed by atoms with Crippen LogP contribution in [0.15, 0.2) is 24.5 Å². The molecule has 1 fully saturated rings. The zero-order valence-corrected chi connectivity index (χ0v) is 13.3. The summed E-state index contributed by atoms with van der Waals surface area (Å²) in [6.07, 6.45) is 7.73. The molecule has 0 unspecified atom stereocenters. The Morgan fingerprint density at radius 1 is 1.33 bits per heavy atom. The molecule has 0 aromatic carbocycles. The molecule has 2 heterocycles. The Labute approximate surface area is 131 Å². The van der Waals surface area contributed by atoms with Gasteiger partial charge in [-0.15, -0.1) is 0 Å². The summed E-state index contributed by atoms with van der Waals surface area (Å²) in [6, 6.07) is 4.01. The lowest BCUT2D eigenvalue weighted by Gasteiger charge is -2.20. The average molecular weight is 307 g/mol. The molecular formula is C16H25N3OS. The van der Waals surface area contributed by atoms with Crippen molar-refractivity contribution in [1.82, 2.24) is 15.6 Å². The van der Waals surface area contributed by atoms with Crippen LogP contribution in [0.25, 0.3) is 0 Å². The summed E-state index contributed by atoms with van der Waals surface area (Å²) in [5.74, 6) is 3.26. The molecule has 1 aliphatic heterocycles. The maximum atomic E-state index is 11.8. The predicted molar refractivity (Wildman–Crippen MR) is 88.2 cm³/mol. The number of hydrogen-bond donors (Lipinski definition) is 2. The molecule has 21 heavy (non-hydrogen) atoms. The van der Waals surface area contributed by atoms with E-state index in [2.05, 4.69) is 21.7 Å². The number of aromatic nitrogens is 1. The highest BCUT2D eigenvalue weighted by atomic mass is 32.2. The van der Waals surface area contributed by atoms with Crippen molar-refractivity contribution in [1.29, 1.82) is 0 Å². The Hall–Kier alpha value is -1.07. The summed E-state index contributed by atoms with van der Waals surface area (Å²) in [5.41, 5.74) is 1.19. The second kappa shape index (κ2) is 9.79. The van der Waals surface area contributed by atoms with Crippen LogP contribution < -0.4 is 10.6 Å². The molecule has 0 aliphatic carbocycles. The van der Waals surface area contributed by atoms with E-state index in [0.717, 1.165) is 26.1 Å². The Morgan fingerprint density at radius 2 is 2.19 bits per heavy atom. The summed E-state index contributed by atoms with van der Waals surface area (Å²) in [7, 11) is 0. The Morgan fingerprint density at radius 3 is 2.95 bits per heavy atom. The van der Waals surface area contributed by atoms with Gasteiger partial charge in [0.2, 0.25) is 5.91 Å². The van der Waals surface area contributed by atoms with Gasteiger partial charge in [-0.1, -0.05) is 6.07 Å². The van der Waals surface area contributed by atoms with Gasteiger partial charge in [0.25, 0.3) is 0 Å². The SMILES string of the molecule is O=C(CC1CCSCC1)NCCCNCc1cccnc1. The third-order valence-corrected chi connectivity index (χ3v) is 4.77. The van der Waals surface area contributed by atoms with Crippen LogP contribution in [0.2, 0.25) is 0 Å². The number of hydrogen-bond acceptors (Lipinski definition) is 4. The van der Waals surface area contributed by atoms with Gasteiger partial charge >= 0.3 is 0 Å². The summed E-state index contributed by atoms with van der Waals surface area (Å²) in [5, 5.41) is 6.39. The van der Waals surface area contributed by atoms with Crippen molar-refractivity contribution in [3.63, 3.8) is 0 Å². The van der Waals surface area contributed by atoms with Crippen molar-refractivity contribution in [3.8, 4) is 0 Å². The molecule has 0 saturated carbocycles. The van der Waals surface area contributed by atoms with Crippen LogP contribution in [0.3, 0.4) is 0 Å². The summed E-state index contributed by atoms with van der Waals surface area (Å²) in [6.45, 7) is 2.51. The fourth-order valence-corrected chi connectivity index (χ4v) is 3.67. The maximum absolute atomic E-state index is 11.8. The molecule has 1 aliphatic rings. The number of pyridine rings is 1. The number of rotatable bonds is 8. The van der Waals surface area contributed by atoms with Crippen LogP contribution in [-0.2, 0) is 11.3 Å². The maximum Gasteiger partial charge on any atom is 0.220 e. The van der Waals surface area contributed by atoms with Gasteiger partial charge in [0, 0.05) is 31.9 Å². The van der Waals surface area contributed by atoms with Crippen molar-refractivity contribution in [2.24, 2.45) is 5.92 Å². The van der Waals surface area contributed by atoms with Crippen LogP contribution in [-0.4, -0.2) is 35.5 Å². The summed E-state index contributed by atoms with van der Waals surface area (Å²) in [4.78, 5) is 15.9. The molecule has 2 N–H and O–H groups in total. The number of carbonyl (C=O) groups is 1.